The second-order valence-electron chi connectivity index (χ2n) is 5.06. The summed E-state index contributed by atoms with van der Waals surface area (Å²) in [5.41, 5.74) is 2.29. The van der Waals surface area contributed by atoms with Crippen LogP contribution < -0.4 is 5.32 Å². The number of carbonyl (C=O) groups is 1. The molecule has 0 radical (unpaired) electrons. The summed E-state index contributed by atoms with van der Waals surface area (Å²) in [4.78, 5) is 16.6. The summed E-state index contributed by atoms with van der Waals surface area (Å²) in [6, 6.07) is 11.5. The van der Waals surface area contributed by atoms with E-state index in [1.165, 1.54) is 18.3 Å². The number of hydrogen-bond acceptors (Lipinski definition) is 4. The van der Waals surface area contributed by atoms with E-state index in [9.17, 15) is 9.18 Å². The van der Waals surface area contributed by atoms with Crippen molar-refractivity contribution >= 4 is 44.2 Å². The van der Waals surface area contributed by atoms with E-state index >= 15 is 0 Å². The Morgan fingerprint density at radius 1 is 1.25 bits per heavy atom. The fourth-order valence-corrected chi connectivity index (χ4v) is 2.70. The maximum absolute atomic E-state index is 13.1. The van der Waals surface area contributed by atoms with Gasteiger partial charge in [-0.1, -0.05) is 15.9 Å². The molecular weight excluding hydrogens is 375 g/mol. The Morgan fingerprint density at radius 3 is 2.71 bits per heavy atom. The van der Waals surface area contributed by atoms with Gasteiger partial charge in [-0.2, -0.15) is 0 Å². The van der Waals surface area contributed by atoms with Crippen LogP contribution in [0.25, 0.3) is 10.9 Å². The van der Waals surface area contributed by atoms with Gasteiger partial charge in [-0.3, -0.25) is 4.98 Å². The van der Waals surface area contributed by atoms with Crippen LogP contribution in [0.15, 0.2) is 53.1 Å². The first kappa shape index (κ1) is 16.4. The van der Waals surface area contributed by atoms with Gasteiger partial charge in [0.2, 0.25) is 0 Å². The summed E-state index contributed by atoms with van der Waals surface area (Å²) in [5, 5.41) is 3.94. The summed E-state index contributed by atoms with van der Waals surface area (Å²) in [6.07, 6.45) is 1.49. The molecule has 0 fully saturated rings. The maximum Gasteiger partial charge on any atom is 0.341 e. The van der Waals surface area contributed by atoms with Crippen molar-refractivity contribution in [2.75, 3.05) is 11.9 Å². The van der Waals surface area contributed by atoms with Gasteiger partial charge in [0, 0.05) is 21.7 Å². The predicted octanol–water partition coefficient (Wildman–Crippen LogP) is 5.06. The number of rotatable bonds is 4. The zero-order valence-electron chi connectivity index (χ0n) is 12.8. The molecule has 0 unspecified atom stereocenters. The Kier molecular flexibility index (Phi) is 4.76. The number of fused-ring (bicyclic) bond motifs is 1. The third-order valence-electron chi connectivity index (χ3n) is 3.44. The van der Waals surface area contributed by atoms with Crippen LogP contribution in [0.5, 0.6) is 0 Å². The molecule has 2 aromatic carbocycles. The molecule has 0 aliphatic heterocycles. The molecule has 3 aromatic rings. The molecule has 0 saturated heterocycles. The largest absolute Gasteiger partial charge is 0.462 e. The Bertz CT molecular complexity index is 897. The van der Waals surface area contributed by atoms with Crippen molar-refractivity contribution in [2.24, 2.45) is 0 Å². The Morgan fingerprint density at radius 2 is 2.00 bits per heavy atom. The first-order chi connectivity index (χ1) is 11.6. The zero-order chi connectivity index (χ0) is 17.1. The fourth-order valence-electron chi connectivity index (χ4n) is 2.34. The minimum atomic E-state index is -0.462. The zero-order valence-corrected chi connectivity index (χ0v) is 14.4. The second-order valence-corrected chi connectivity index (χ2v) is 5.98. The molecule has 0 saturated carbocycles. The lowest BCUT2D eigenvalue weighted by molar-refractivity contribution is 0.0527. The molecule has 0 bridgehead atoms. The number of ether oxygens (including phenoxy) is 1. The molecular formula is C18H14BrFN2O2. The van der Waals surface area contributed by atoms with E-state index in [2.05, 4.69) is 26.2 Å². The van der Waals surface area contributed by atoms with Gasteiger partial charge in [0.05, 0.1) is 17.8 Å². The molecule has 24 heavy (non-hydrogen) atoms. The normalized spacial score (nSPS) is 10.6. The van der Waals surface area contributed by atoms with Crippen LogP contribution in [-0.2, 0) is 4.74 Å². The molecule has 0 aliphatic carbocycles. The molecule has 1 heterocycles. The smallest absolute Gasteiger partial charge is 0.341 e. The first-order valence-corrected chi connectivity index (χ1v) is 8.15. The maximum atomic E-state index is 13.1. The lowest BCUT2D eigenvalue weighted by Gasteiger charge is -2.14. The number of nitrogens with zero attached hydrogens (tertiary/aromatic N) is 1. The lowest BCUT2D eigenvalue weighted by atomic mass is 10.1. The summed E-state index contributed by atoms with van der Waals surface area (Å²) in [5.74, 6) is -0.787. The highest BCUT2D eigenvalue weighted by atomic mass is 79.9. The van der Waals surface area contributed by atoms with E-state index in [0.717, 1.165) is 15.4 Å². The highest BCUT2D eigenvalue weighted by Crippen LogP contribution is 2.31. The molecule has 3 rings (SSSR count). The molecule has 0 aliphatic rings. The van der Waals surface area contributed by atoms with Gasteiger partial charge in [-0.15, -0.1) is 0 Å². The average Bonchev–Trinajstić information content (AvgIpc) is 2.57. The highest BCUT2D eigenvalue weighted by molar-refractivity contribution is 9.10. The quantitative estimate of drug-likeness (QED) is 0.634. The third kappa shape index (κ3) is 3.38. The summed E-state index contributed by atoms with van der Waals surface area (Å²) < 4.78 is 19.1. The number of esters is 1. The summed E-state index contributed by atoms with van der Waals surface area (Å²) in [7, 11) is 0. The molecule has 1 aromatic heterocycles. The molecule has 6 heteroatoms. The van der Waals surface area contributed by atoms with Crippen molar-refractivity contribution in [3.8, 4) is 0 Å². The minimum Gasteiger partial charge on any atom is -0.462 e. The molecule has 1 N–H and O–H groups in total. The van der Waals surface area contributed by atoms with Crippen LogP contribution in [0.1, 0.15) is 17.3 Å². The van der Waals surface area contributed by atoms with Crippen LogP contribution in [0.4, 0.5) is 15.8 Å². The molecule has 0 spiro atoms. The topological polar surface area (TPSA) is 51.2 Å². The predicted molar refractivity (Wildman–Crippen MR) is 95.1 cm³/mol. The Balaban J connectivity index is 2.16. The number of halogens is 2. The van der Waals surface area contributed by atoms with Crippen molar-refractivity contribution in [3.05, 3.63) is 64.5 Å². The second kappa shape index (κ2) is 6.97. The molecule has 0 amide bonds. The van der Waals surface area contributed by atoms with Crippen molar-refractivity contribution in [3.63, 3.8) is 0 Å². The monoisotopic (exact) mass is 388 g/mol. The van der Waals surface area contributed by atoms with Crippen LogP contribution in [0.3, 0.4) is 0 Å². The van der Waals surface area contributed by atoms with Gasteiger partial charge < -0.3 is 10.1 Å². The lowest BCUT2D eigenvalue weighted by Crippen LogP contribution is -2.09. The molecule has 0 atom stereocenters. The number of benzene rings is 2. The van der Waals surface area contributed by atoms with Crippen LogP contribution in [0, 0.1) is 5.82 Å². The standard InChI is InChI=1S/C18H14BrFN2O2/c1-2-24-18(23)15-10-21-16-8-3-11(19)9-14(16)17(15)22-13-6-4-12(20)5-7-13/h3-10H,2H2,1H3,(H,21,22). The van der Waals surface area contributed by atoms with Crippen LogP contribution >= 0.6 is 15.9 Å². The van der Waals surface area contributed by atoms with Crippen molar-refractivity contribution in [2.45, 2.75) is 6.92 Å². The SMILES string of the molecule is CCOC(=O)c1cnc2ccc(Br)cc2c1Nc1ccc(F)cc1. The van der Waals surface area contributed by atoms with Crippen molar-refractivity contribution in [1.82, 2.24) is 4.98 Å². The average molecular weight is 389 g/mol. The van der Waals surface area contributed by atoms with E-state index < -0.39 is 5.97 Å². The summed E-state index contributed by atoms with van der Waals surface area (Å²) >= 11 is 3.43. The number of pyridine rings is 1. The van der Waals surface area contributed by atoms with Crippen molar-refractivity contribution in [1.29, 1.82) is 0 Å². The fraction of sp³-hybridized carbons (Fsp3) is 0.111. The molecule has 4 nitrogen and oxygen atoms in total. The van der Waals surface area contributed by atoms with Gasteiger partial charge in [0.25, 0.3) is 0 Å². The van der Waals surface area contributed by atoms with E-state index in [1.807, 2.05) is 18.2 Å². The highest BCUT2D eigenvalue weighted by Gasteiger charge is 2.17. The van der Waals surface area contributed by atoms with Gasteiger partial charge in [-0.05, 0) is 49.4 Å². The molecule has 122 valence electrons. The van der Waals surface area contributed by atoms with Gasteiger partial charge >= 0.3 is 5.97 Å². The van der Waals surface area contributed by atoms with E-state index in [0.29, 0.717) is 16.9 Å². The minimum absolute atomic E-state index is 0.269. The number of carbonyl (C=O) groups excluding carboxylic acids is 1. The number of aromatic nitrogens is 1. The summed E-state index contributed by atoms with van der Waals surface area (Å²) in [6.45, 7) is 2.02. The van der Waals surface area contributed by atoms with Crippen LogP contribution in [0.2, 0.25) is 0 Å². The number of hydrogen-bond donors (Lipinski definition) is 1. The third-order valence-corrected chi connectivity index (χ3v) is 3.93. The van der Waals surface area contributed by atoms with E-state index in [1.54, 1.807) is 19.1 Å². The van der Waals surface area contributed by atoms with Gasteiger partial charge in [0.15, 0.2) is 0 Å². The number of anilines is 2. The van der Waals surface area contributed by atoms with Gasteiger partial charge in [0.1, 0.15) is 11.4 Å². The van der Waals surface area contributed by atoms with Gasteiger partial charge in [-0.25, -0.2) is 9.18 Å². The van der Waals surface area contributed by atoms with Crippen molar-refractivity contribution < 1.29 is 13.9 Å². The van der Waals surface area contributed by atoms with Crippen LogP contribution in [-0.4, -0.2) is 17.6 Å². The Labute approximate surface area is 146 Å². The van der Waals surface area contributed by atoms with E-state index in [4.69, 9.17) is 4.74 Å². The first-order valence-electron chi connectivity index (χ1n) is 7.36. The number of nitrogens with one attached hydrogen (secondary N) is 1. The van der Waals surface area contributed by atoms with E-state index in [-0.39, 0.29) is 12.4 Å². The Hall–Kier alpha value is -2.47.